The van der Waals surface area contributed by atoms with Crippen molar-refractivity contribution in [1.29, 1.82) is 0 Å². The molecule has 1 rings (SSSR count). The molecular weight excluding hydrogens is 272 g/mol. The smallest absolute Gasteiger partial charge is 0.251 e. The molecule has 0 aromatic heterocycles. The number of aryl methyl sites for hydroxylation is 1. The number of sulfonamides is 1. The predicted molar refractivity (Wildman–Crippen MR) is 73.6 cm³/mol. The molecule has 0 fully saturated rings. The molecule has 100 valence electrons. The molecule has 0 atom stereocenters. The van der Waals surface area contributed by atoms with Crippen molar-refractivity contribution in [3.63, 3.8) is 0 Å². The van der Waals surface area contributed by atoms with Gasteiger partial charge in [-0.15, -0.1) is 12.6 Å². The molecule has 7 heteroatoms. The zero-order chi connectivity index (χ0) is 13.8. The molecule has 0 heterocycles. The Bertz CT molecular complexity index is 541. The maximum absolute atomic E-state index is 11.8. The molecule has 0 spiro atoms. The van der Waals surface area contributed by atoms with E-state index in [4.69, 9.17) is 0 Å². The molecular formula is C11H16N2O3S2. The first kappa shape index (κ1) is 15.0. The van der Waals surface area contributed by atoms with E-state index in [1.807, 2.05) is 13.0 Å². The van der Waals surface area contributed by atoms with E-state index in [1.54, 1.807) is 12.1 Å². The van der Waals surface area contributed by atoms with Crippen LogP contribution in [0.3, 0.4) is 0 Å². The lowest BCUT2D eigenvalue weighted by atomic mass is 10.1. The van der Waals surface area contributed by atoms with Crippen LogP contribution >= 0.6 is 12.6 Å². The van der Waals surface area contributed by atoms with Crippen LogP contribution in [0.25, 0.3) is 0 Å². The van der Waals surface area contributed by atoms with Gasteiger partial charge in [-0.25, -0.2) is 13.1 Å². The van der Waals surface area contributed by atoms with E-state index in [2.05, 4.69) is 22.7 Å². The Hall–Kier alpha value is -1.05. The summed E-state index contributed by atoms with van der Waals surface area (Å²) >= 11 is 4.17. The summed E-state index contributed by atoms with van der Waals surface area (Å²) in [4.78, 5) is 12.5. The molecule has 1 aromatic carbocycles. The van der Waals surface area contributed by atoms with Gasteiger partial charge in [0.1, 0.15) is 0 Å². The number of amides is 1. The van der Waals surface area contributed by atoms with Crippen molar-refractivity contribution in [2.75, 3.05) is 19.3 Å². The Kier molecular flexibility index (Phi) is 5.18. The van der Waals surface area contributed by atoms with Gasteiger partial charge in [0.05, 0.1) is 6.26 Å². The minimum absolute atomic E-state index is 0.171. The molecule has 0 bridgehead atoms. The van der Waals surface area contributed by atoms with E-state index in [0.717, 1.165) is 11.8 Å². The molecule has 1 aromatic rings. The monoisotopic (exact) mass is 288 g/mol. The third kappa shape index (κ3) is 5.07. The highest BCUT2D eigenvalue weighted by Crippen LogP contribution is 2.13. The van der Waals surface area contributed by atoms with Crippen LogP contribution in [0.4, 0.5) is 0 Å². The van der Waals surface area contributed by atoms with Gasteiger partial charge < -0.3 is 5.32 Å². The summed E-state index contributed by atoms with van der Waals surface area (Å²) in [6, 6.07) is 5.30. The molecule has 0 radical (unpaired) electrons. The molecule has 1 amide bonds. The highest BCUT2D eigenvalue weighted by molar-refractivity contribution is 7.88. The highest BCUT2D eigenvalue weighted by atomic mass is 32.2. The number of thiol groups is 1. The Morgan fingerprint density at radius 3 is 2.61 bits per heavy atom. The lowest BCUT2D eigenvalue weighted by molar-refractivity contribution is 0.0953. The number of carbonyl (C=O) groups excluding carboxylic acids is 1. The Morgan fingerprint density at radius 2 is 2.00 bits per heavy atom. The van der Waals surface area contributed by atoms with Crippen molar-refractivity contribution in [1.82, 2.24) is 10.0 Å². The third-order valence-corrected chi connectivity index (χ3v) is 3.25. The molecule has 5 nitrogen and oxygen atoms in total. The highest BCUT2D eigenvalue weighted by Gasteiger charge is 2.08. The zero-order valence-electron chi connectivity index (χ0n) is 10.2. The van der Waals surface area contributed by atoms with Gasteiger partial charge in [-0.3, -0.25) is 4.79 Å². The normalized spacial score (nSPS) is 11.3. The van der Waals surface area contributed by atoms with E-state index in [9.17, 15) is 13.2 Å². The van der Waals surface area contributed by atoms with E-state index in [1.165, 1.54) is 0 Å². The summed E-state index contributed by atoms with van der Waals surface area (Å²) in [6.45, 7) is 2.24. The van der Waals surface area contributed by atoms with Crippen molar-refractivity contribution in [3.8, 4) is 0 Å². The number of nitrogens with one attached hydrogen (secondary N) is 2. The fraction of sp³-hybridized carbons (Fsp3) is 0.364. The van der Waals surface area contributed by atoms with Crippen LogP contribution in [0.5, 0.6) is 0 Å². The summed E-state index contributed by atoms with van der Waals surface area (Å²) in [5, 5.41) is 2.64. The SMILES string of the molecule is Cc1ccc(S)cc1C(=O)NCCNS(C)(=O)=O. The van der Waals surface area contributed by atoms with Gasteiger partial charge in [0, 0.05) is 23.5 Å². The number of benzene rings is 1. The summed E-state index contributed by atoms with van der Waals surface area (Å²) in [7, 11) is -3.22. The molecule has 0 unspecified atom stereocenters. The van der Waals surface area contributed by atoms with Crippen LogP contribution in [0.15, 0.2) is 23.1 Å². The minimum Gasteiger partial charge on any atom is -0.351 e. The summed E-state index contributed by atoms with van der Waals surface area (Å²) in [6.07, 6.45) is 1.07. The fourth-order valence-corrected chi connectivity index (χ4v) is 2.04. The zero-order valence-corrected chi connectivity index (χ0v) is 11.9. The third-order valence-electron chi connectivity index (χ3n) is 2.24. The van der Waals surface area contributed by atoms with Crippen LogP contribution in [0.2, 0.25) is 0 Å². The second-order valence-corrected chi connectivity index (χ2v) is 6.27. The van der Waals surface area contributed by atoms with Crippen LogP contribution in [-0.4, -0.2) is 33.7 Å². The van der Waals surface area contributed by atoms with Crippen LogP contribution in [0, 0.1) is 6.92 Å². The van der Waals surface area contributed by atoms with Gasteiger partial charge in [-0.05, 0) is 24.6 Å². The van der Waals surface area contributed by atoms with Gasteiger partial charge in [0.15, 0.2) is 0 Å². The number of rotatable bonds is 5. The maximum Gasteiger partial charge on any atom is 0.251 e. The maximum atomic E-state index is 11.8. The number of hydrogen-bond donors (Lipinski definition) is 3. The van der Waals surface area contributed by atoms with Crippen molar-refractivity contribution >= 4 is 28.6 Å². The predicted octanol–water partition coefficient (Wildman–Crippen LogP) is 0.563. The average Bonchev–Trinajstić information content (AvgIpc) is 2.26. The lowest BCUT2D eigenvalue weighted by Crippen LogP contribution is -2.34. The lowest BCUT2D eigenvalue weighted by Gasteiger charge is -2.08. The van der Waals surface area contributed by atoms with Crippen molar-refractivity contribution < 1.29 is 13.2 Å². The van der Waals surface area contributed by atoms with E-state index < -0.39 is 10.0 Å². The topological polar surface area (TPSA) is 75.3 Å². The Labute approximate surface area is 112 Å². The summed E-state index contributed by atoms with van der Waals surface area (Å²) in [5.74, 6) is -0.237. The van der Waals surface area contributed by atoms with E-state index in [0.29, 0.717) is 10.5 Å². The summed E-state index contributed by atoms with van der Waals surface area (Å²) in [5.41, 5.74) is 1.39. The van der Waals surface area contributed by atoms with Gasteiger partial charge in [-0.2, -0.15) is 0 Å². The first-order valence-corrected chi connectivity index (χ1v) is 7.66. The largest absolute Gasteiger partial charge is 0.351 e. The average molecular weight is 288 g/mol. The van der Waals surface area contributed by atoms with Crippen molar-refractivity contribution in [2.45, 2.75) is 11.8 Å². The van der Waals surface area contributed by atoms with Gasteiger partial charge in [0.25, 0.3) is 5.91 Å². The molecule has 0 aliphatic heterocycles. The van der Waals surface area contributed by atoms with E-state index in [-0.39, 0.29) is 19.0 Å². The molecule has 0 aliphatic carbocycles. The van der Waals surface area contributed by atoms with Crippen LogP contribution < -0.4 is 10.0 Å². The Morgan fingerprint density at radius 1 is 1.33 bits per heavy atom. The van der Waals surface area contributed by atoms with Crippen molar-refractivity contribution in [3.05, 3.63) is 29.3 Å². The quantitative estimate of drug-likeness (QED) is 0.547. The molecule has 0 saturated heterocycles. The molecule has 18 heavy (non-hydrogen) atoms. The van der Waals surface area contributed by atoms with E-state index >= 15 is 0 Å². The van der Waals surface area contributed by atoms with Gasteiger partial charge in [-0.1, -0.05) is 6.07 Å². The number of carbonyl (C=O) groups is 1. The van der Waals surface area contributed by atoms with Gasteiger partial charge in [0.2, 0.25) is 10.0 Å². The minimum atomic E-state index is -3.22. The first-order chi connectivity index (χ1) is 8.29. The first-order valence-electron chi connectivity index (χ1n) is 5.32. The second kappa shape index (κ2) is 6.21. The molecule has 0 saturated carbocycles. The standard InChI is InChI=1S/C11H16N2O3S2/c1-8-3-4-9(17)7-10(8)11(14)12-5-6-13-18(2,15)16/h3-4,7,13,17H,5-6H2,1-2H3,(H,12,14). The summed E-state index contributed by atoms with van der Waals surface area (Å²) < 4.78 is 23.9. The van der Waals surface area contributed by atoms with Crippen LogP contribution in [0.1, 0.15) is 15.9 Å². The second-order valence-electron chi connectivity index (χ2n) is 3.92. The van der Waals surface area contributed by atoms with Crippen LogP contribution in [-0.2, 0) is 10.0 Å². The van der Waals surface area contributed by atoms with Crippen molar-refractivity contribution in [2.24, 2.45) is 0 Å². The fourth-order valence-electron chi connectivity index (χ4n) is 1.36. The molecule has 0 aliphatic rings. The molecule has 2 N–H and O–H groups in total. The number of hydrogen-bond acceptors (Lipinski definition) is 4. The van der Waals surface area contributed by atoms with Gasteiger partial charge >= 0.3 is 0 Å². The Balaban J connectivity index is 2.53.